The molecule has 2 atom stereocenters. The number of piperidine rings is 1. The summed E-state index contributed by atoms with van der Waals surface area (Å²) in [6.07, 6.45) is 8.86. The Hall–Kier alpha value is -3.25. The Morgan fingerprint density at radius 3 is 2.72 bits per heavy atom. The Morgan fingerprint density at radius 1 is 1.07 bits per heavy atom. The lowest BCUT2D eigenvalue weighted by Crippen LogP contribution is -2.47. The number of rotatable bonds is 2. The third kappa shape index (κ3) is 7.64. The minimum absolute atomic E-state index is 0.00513. The first kappa shape index (κ1) is 29.8. The van der Waals surface area contributed by atoms with E-state index in [0.29, 0.717) is 61.8 Å². The van der Waals surface area contributed by atoms with Crippen molar-refractivity contribution in [2.24, 2.45) is 5.92 Å². The number of alkyl halides is 3. The van der Waals surface area contributed by atoms with Gasteiger partial charge < -0.3 is 20.1 Å². The summed E-state index contributed by atoms with van der Waals surface area (Å²) in [6, 6.07) is 4.34. The Kier molecular flexibility index (Phi) is 9.13. The molecule has 1 saturated carbocycles. The Morgan fingerprint density at radius 2 is 1.91 bits per heavy atom. The molecule has 1 saturated heterocycles. The number of anilines is 1. The van der Waals surface area contributed by atoms with Gasteiger partial charge in [0, 0.05) is 55.9 Å². The molecule has 10 nitrogen and oxygen atoms in total. The molecule has 0 unspecified atom stereocenters. The maximum absolute atomic E-state index is 13.6. The molecule has 1 amide bonds. The van der Waals surface area contributed by atoms with Crippen molar-refractivity contribution in [2.45, 2.75) is 54.8 Å². The topological polar surface area (TPSA) is 98.0 Å². The van der Waals surface area contributed by atoms with Gasteiger partial charge in [-0.25, -0.2) is 4.98 Å². The number of aromatic nitrogens is 4. The molecular weight excluding hydrogens is 583 g/mol. The van der Waals surface area contributed by atoms with Crippen LogP contribution in [-0.2, 0) is 16.0 Å². The van der Waals surface area contributed by atoms with Gasteiger partial charge in [-0.3, -0.25) is 18.8 Å². The standard InChI is InChI=1S/C29H34F3N7O3S/c30-29(31,32)43-28-25-3-1-9-33-27(40)21-17-34-38(19-21)12-14-42-16-15-41-13-8-20-18-37(22-5-6-22)11-7-23(20)35-24-4-2-10-39(28)26(24)36-25/h2,4,10,17,19-20,22-23,35H,5-9,11-16,18H2,(H,33,40)/t20-,23-/m0/s1. The summed E-state index contributed by atoms with van der Waals surface area (Å²) in [4.78, 5) is 19.7. The number of nitrogens with one attached hydrogen (secondary N) is 2. The van der Waals surface area contributed by atoms with Crippen LogP contribution in [0.25, 0.3) is 5.65 Å². The quantitative estimate of drug-likeness (QED) is 0.333. The number of amides is 1. The summed E-state index contributed by atoms with van der Waals surface area (Å²) >= 11 is -0.245. The van der Waals surface area contributed by atoms with E-state index in [4.69, 9.17) is 9.47 Å². The monoisotopic (exact) mass is 617 g/mol. The first-order chi connectivity index (χ1) is 20.8. The normalized spacial score (nSPS) is 23.2. The Labute approximate surface area is 251 Å². The maximum Gasteiger partial charge on any atom is 0.447 e. The number of likely N-dealkylation sites (tertiary alicyclic amines) is 1. The predicted molar refractivity (Wildman–Crippen MR) is 155 cm³/mol. The average molecular weight is 618 g/mol. The van der Waals surface area contributed by atoms with Gasteiger partial charge in [0.2, 0.25) is 0 Å². The summed E-state index contributed by atoms with van der Waals surface area (Å²) in [7, 11) is 0. The fourth-order valence-electron chi connectivity index (χ4n) is 5.63. The summed E-state index contributed by atoms with van der Waals surface area (Å²) < 4.78 is 55.5. The molecule has 3 aliphatic rings. The highest BCUT2D eigenvalue weighted by molar-refractivity contribution is 8.00. The smallest absolute Gasteiger partial charge is 0.379 e. The minimum Gasteiger partial charge on any atom is -0.379 e. The lowest BCUT2D eigenvalue weighted by molar-refractivity contribution is -0.0330. The molecule has 3 aromatic rings. The highest BCUT2D eigenvalue weighted by atomic mass is 32.2. The lowest BCUT2D eigenvalue weighted by Gasteiger charge is -2.39. The van der Waals surface area contributed by atoms with Crippen LogP contribution in [-0.4, -0.2) is 93.6 Å². The molecule has 5 heterocycles. The molecular formula is C29H34F3N7O3S. The van der Waals surface area contributed by atoms with Gasteiger partial charge >= 0.3 is 5.51 Å². The van der Waals surface area contributed by atoms with Crippen molar-refractivity contribution < 1.29 is 27.4 Å². The number of fused-ring (bicyclic) bond motifs is 4. The molecule has 0 spiro atoms. The first-order valence-corrected chi connectivity index (χ1v) is 15.4. The second-order valence-corrected chi connectivity index (χ2v) is 12.0. The number of nitrogens with zero attached hydrogens (tertiary/aromatic N) is 5. The Balaban J connectivity index is 1.29. The van der Waals surface area contributed by atoms with Gasteiger partial charge in [-0.15, -0.1) is 0 Å². The zero-order chi connectivity index (χ0) is 29.8. The van der Waals surface area contributed by atoms with E-state index >= 15 is 0 Å². The van der Waals surface area contributed by atoms with E-state index in [1.807, 2.05) is 6.07 Å². The number of thioether (sulfide) groups is 1. The molecule has 14 heteroatoms. The summed E-state index contributed by atoms with van der Waals surface area (Å²) in [5.74, 6) is 5.44. The van der Waals surface area contributed by atoms with Crippen LogP contribution >= 0.6 is 11.8 Å². The van der Waals surface area contributed by atoms with Crippen molar-refractivity contribution >= 4 is 29.0 Å². The number of carbonyl (C=O) groups excluding carboxylic acids is 1. The number of halogens is 3. The number of carbonyl (C=O) groups is 1. The maximum atomic E-state index is 13.6. The van der Waals surface area contributed by atoms with Crippen molar-refractivity contribution in [3.05, 3.63) is 42.0 Å². The van der Waals surface area contributed by atoms with E-state index in [-0.39, 0.29) is 41.0 Å². The number of ether oxygens (including phenoxy) is 2. The summed E-state index contributed by atoms with van der Waals surface area (Å²) in [5.41, 5.74) is -3.14. The fourth-order valence-corrected chi connectivity index (χ4v) is 6.29. The number of hydrogen-bond donors (Lipinski definition) is 2. The van der Waals surface area contributed by atoms with E-state index in [1.54, 1.807) is 23.1 Å². The van der Waals surface area contributed by atoms with Crippen LogP contribution in [0.15, 0.2) is 35.7 Å². The van der Waals surface area contributed by atoms with Gasteiger partial charge in [-0.1, -0.05) is 5.92 Å². The van der Waals surface area contributed by atoms with Gasteiger partial charge in [0.05, 0.1) is 50.4 Å². The van der Waals surface area contributed by atoms with E-state index in [2.05, 4.69) is 37.5 Å². The number of hydrogen-bond acceptors (Lipinski definition) is 8. The van der Waals surface area contributed by atoms with Crippen LogP contribution in [0.2, 0.25) is 0 Å². The van der Waals surface area contributed by atoms with Crippen molar-refractivity contribution in [3.8, 4) is 11.8 Å². The van der Waals surface area contributed by atoms with E-state index in [0.717, 1.165) is 25.9 Å². The molecule has 2 fully saturated rings. The van der Waals surface area contributed by atoms with Crippen molar-refractivity contribution in [1.82, 2.24) is 29.4 Å². The van der Waals surface area contributed by atoms with Crippen LogP contribution in [0.4, 0.5) is 18.9 Å². The fraction of sp³-hybridized carbons (Fsp3) is 0.552. The van der Waals surface area contributed by atoms with Gasteiger partial charge in [-0.2, -0.15) is 18.3 Å². The van der Waals surface area contributed by atoms with E-state index in [9.17, 15) is 18.0 Å². The van der Waals surface area contributed by atoms with Crippen molar-refractivity contribution in [3.63, 3.8) is 0 Å². The molecule has 0 aromatic carbocycles. The van der Waals surface area contributed by atoms with Crippen LogP contribution in [0.1, 0.15) is 41.7 Å². The zero-order valence-electron chi connectivity index (χ0n) is 23.6. The molecule has 3 aromatic heterocycles. The highest BCUT2D eigenvalue weighted by Gasteiger charge is 2.37. The van der Waals surface area contributed by atoms with Crippen LogP contribution in [0.3, 0.4) is 0 Å². The van der Waals surface area contributed by atoms with Gasteiger partial charge in [0.15, 0.2) is 5.65 Å². The first-order valence-electron chi connectivity index (χ1n) is 14.6. The van der Waals surface area contributed by atoms with Crippen molar-refractivity contribution in [2.75, 3.05) is 51.4 Å². The van der Waals surface area contributed by atoms with Crippen LogP contribution in [0.5, 0.6) is 0 Å². The van der Waals surface area contributed by atoms with E-state index < -0.39 is 5.51 Å². The lowest BCUT2D eigenvalue weighted by atomic mass is 9.89. The highest BCUT2D eigenvalue weighted by Crippen LogP contribution is 2.40. The molecule has 2 N–H and O–H groups in total. The third-order valence-corrected chi connectivity index (χ3v) is 8.71. The minimum atomic E-state index is -4.53. The molecule has 43 heavy (non-hydrogen) atoms. The molecule has 4 bridgehead atoms. The molecule has 6 rings (SSSR count). The predicted octanol–water partition coefficient (Wildman–Crippen LogP) is 3.63. The van der Waals surface area contributed by atoms with Gasteiger partial charge in [0.25, 0.3) is 5.91 Å². The zero-order valence-corrected chi connectivity index (χ0v) is 24.4. The largest absolute Gasteiger partial charge is 0.447 e. The van der Waals surface area contributed by atoms with Gasteiger partial charge in [-0.05, 0) is 49.7 Å². The molecule has 0 radical (unpaired) electrons. The second-order valence-electron chi connectivity index (χ2n) is 10.9. The second kappa shape index (κ2) is 13.2. The molecule has 2 aliphatic heterocycles. The van der Waals surface area contributed by atoms with Crippen LogP contribution in [0, 0.1) is 17.8 Å². The third-order valence-electron chi connectivity index (χ3n) is 7.90. The summed E-state index contributed by atoms with van der Waals surface area (Å²) in [5, 5.41) is 10.4. The number of imidazole rings is 1. The van der Waals surface area contributed by atoms with Crippen molar-refractivity contribution in [1.29, 1.82) is 0 Å². The SMILES string of the molecule is O=C1NCC#Cc2nc3c(cccn3c2SC(F)(F)F)N[C@H]2CCN(C3CC3)C[C@@H]2CCOCCOCCn2cc1cn2. The average Bonchev–Trinajstić information content (AvgIpc) is 3.62. The van der Waals surface area contributed by atoms with Gasteiger partial charge in [0.1, 0.15) is 10.7 Å². The number of pyridine rings is 1. The van der Waals surface area contributed by atoms with Crippen LogP contribution < -0.4 is 10.6 Å². The Bertz CT molecular complexity index is 1490. The molecule has 1 aliphatic carbocycles. The summed E-state index contributed by atoms with van der Waals surface area (Å²) in [6.45, 7) is 4.28. The molecule has 230 valence electrons. The van der Waals surface area contributed by atoms with E-state index in [1.165, 1.54) is 23.4 Å².